The van der Waals surface area contributed by atoms with E-state index in [-0.39, 0.29) is 31.2 Å². The van der Waals surface area contributed by atoms with Gasteiger partial charge in [0.15, 0.2) is 0 Å². The van der Waals surface area contributed by atoms with Gasteiger partial charge in [0.05, 0.1) is 11.8 Å². The number of benzene rings is 2. The van der Waals surface area contributed by atoms with Crippen molar-refractivity contribution >= 4 is 6.09 Å². The smallest absolute Gasteiger partial charge is 0.433 e. The Labute approximate surface area is 194 Å². The Morgan fingerprint density at radius 3 is 2.21 bits per heavy atom. The SMILES string of the molecule is O=C(NCCC(O)C(O)c1cccc(C(F)(F)F)n1)OCC1c2ccccc2-c2ccccc21. The Balaban J connectivity index is 1.28. The van der Waals surface area contributed by atoms with Gasteiger partial charge in [-0.05, 0) is 40.8 Å². The number of ether oxygens (including phenoxy) is 1. The zero-order valence-electron chi connectivity index (χ0n) is 18.0. The number of hydrogen-bond donors (Lipinski definition) is 3. The summed E-state index contributed by atoms with van der Waals surface area (Å²) in [6.45, 7) is 0.0764. The molecule has 0 bridgehead atoms. The third kappa shape index (κ3) is 5.05. The van der Waals surface area contributed by atoms with E-state index in [0.717, 1.165) is 34.4 Å². The van der Waals surface area contributed by atoms with Gasteiger partial charge in [-0.1, -0.05) is 54.6 Å². The minimum absolute atomic E-state index is 0.0478. The van der Waals surface area contributed by atoms with Gasteiger partial charge >= 0.3 is 12.3 Å². The van der Waals surface area contributed by atoms with E-state index < -0.39 is 30.2 Å². The molecule has 0 saturated heterocycles. The summed E-state index contributed by atoms with van der Waals surface area (Å²) in [4.78, 5) is 15.6. The average Bonchev–Trinajstić information content (AvgIpc) is 3.15. The highest BCUT2D eigenvalue weighted by Gasteiger charge is 2.33. The number of aromatic nitrogens is 1. The van der Waals surface area contributed by atoms with Crippen LogP contribution in [0.25, 0.3) is 11.1 Å². The molecule has 0 fully saturated rings. The first-order chi connectivity index (χ1) is 16.3. The predicted molar refractivity (Wildman–Crippen MR) is 118 cm³/mol. The minimum Gasteiger partial charge on any atom is -0.449 e. The highest BCUT2D eigenvalue weighted by atomic mass is 19.4. The van der Waals surface area contributed by atoms with Gasteiger partial charge in [-0.15, -0.1) is 0 Å². The lowest BCUT2D eigenvalue weighted by atomic mass is 9.98. The number of nitrogens with one attached hydrogen (secondary N) is 1. The van der Waals surface area contributed by atoms with Crippen molar-refractivity contribution in [3.8, 4) is 11.1 Å². The van der Waals surface area contributed by atoms with Gasteiger partial charge in [-0.2, -0.15) is 13.2 Å². The number of aliphatic hydroxyl groups is 2. The molecule has 2 atom stereocenters. The Kier molecular flexibility index (Phi) is 6.85. The van der Waals surface area contributed by atoms with Crippen LogP contribution < -0.4 is 5.32 Å². The van der Waals surface area contributed by atoms with Gasteiger partial charge in [0.25, 0.3) is 0 Å². The number of carbonyl (C=O) groups is 1. The van der Waals surface area contributed by atoms with Crippen LogP contribution in [0.5, 0.6) is 0 Å². The number of halogens is 3. The lowest BCUT2D eigenvalue weighted by Gasteiger charge is -2.19. The summed E-state index contributed by atoms with van der Waals surface area (Å²) < 4.78 is 43.8. The quantitative estimate of drug-likeness (QED) is 0.474. The van der Waals surface area contributed by atoms with Crippen molar-refractivity contribution in [2.45, 2.75) is 30.7 Å². The fraction of sp³-hybridized carbons (Fsp3) is 0.280. The van der Waals surface area contributed by atoms with Crippen molar-refractivity contribution in [2.75, 3.05) is 13.2 Å². The van der Waals surface area contributed by atoms with Gasteiger partial charge in [-0.25, -0.2) is 9.78 Å². The molecule has 34 heavy (non-hydrogen) atoms. The second-order valence-corrected chi connectivity index (χ2v) is 8.00. The van der Waals surface area contributed by atoms with E-state index in [1.54, 1.807) is 0 Å². The van der Waals surface area contributed by atoms with E-state index in [4.69, 9.17) is 4.74 Å². The molecule has 2 aromatic carbocycles. The zero-order valence-corrected chi connectivity index (χ0v) is 18.0. The normalized spacial score (nSPS) is 14.7. The van der Waals surface area contributed by atoms with Crippen LogP contribution in [0.1, 0.15) is 41.0 Å². The zero-order chi connectivity index (χ0) is 24.3. The van der Waals surface area contributed by atoms with Crippen LogP contribution in [-0.4, -0.2) is 40.5 Å². The summed E-state index contributed by atoms with van der Waals surface area (Å²) in [5, 5.41) is 22.8. The Morgan fingerprint density at radius 1 is 0.971 bits per heavy atom. The lowest BCUT2D eigenvalue weighted by molar-refractivity contribution is -0.141. The molecule has 0 saturated carbocycles. The van der Waals surface area contributed by atoms with Crippen LogP contribution in [0.2, 0.25) is 0 Å². The summed E-state index contributed by atoms with van der Waals surface area (Å²) in [7, 11) is 0. The van der Waals surface area contributed by atoms with Crippen molar-refractivity contribution in [3.05, 3.63) is 89.2 Å². The molecule has 9 heteroatoms. The molecule has 1 aliphatic carbocycles. The molecule has 1 aliphatic rings. The van der Waals surface area contributed by atoms with Crippen molar-refractivity contribution < 1.29 is 32.9 Å². The molecule has 1 aromatic heterocycles. The fourth-order valence-corrected chi connectivity index (χ4v) is 4.10. The lowest BCUT2D eigenvalue weighted by Crippen LogP contribution is -2.31. The van der Waals surface area contributed by atoms with Crippen LogP contribution in [-0.2, 0) is 10.9 Å². The molecule has 4 rings (SSSR count). The number of pyridine rings is 1. The van der Waals surface area contributed by atoms with E-state index in [0.29, 0.717) is 0 Å². The number of alkyl carbamates (subject to hydrolysis) is 1. The molecule has 178 valence electrons. The first-order valence-electron chi connectivity index (χ1n) is 10.7. The van der Waals surface area contributed by atoms with Gasteiger partial charge in [0.1, 0.15) is 18.4 Å². The van der Waals surface area contributed by atoms with Gasteiger partial charge < -0.3 is 20.3 Å². The van der Waals surface area contributed by atoms with Crippen molar-refractivity contribution in [2.24, 2.45) is 0 Å². The number of amides is 1. The maximum Gasteiger partial charge on any atom is 0.433 e. The first kappa shape index (κ1) is 23.7. The molecule has 1 amide bonds. The Bertz CT molecular complexity index is 1120. The Morgan fingerprint density at radius 2 is 1.59 bits per heavy atom. The third-order valence-corrected chi connectivity index (χ3v) is 5.78. The van der Waals surface area contributed by atoms with E-state index >= 15 is 0 Å². The largest absolute Gasteiger partial charge is 0.449 e. The molecular formula is C25H23F3N2O4. The molecular weight excluding hydrogens is 449 g/mol. The second-order valence-electron chi connectivity index (χ2n) is 8.00. The van der Waals surface area contributed by atoms with E-state index in [1.165, 1.54) is 6.07 Å². The highest BCUT2D eigenvalue weighted by Crippen LogP contribution is 2.44. The minimum atomic E-state index is -4.66. The maximum absolute atomic E-state index is 12.8. The number of fused-ring (bicyclic) bond motifs is 3. The monoisotopic (exact) mass is 472 g/mol. The Hall–Kier alpha value is -3.43. The summed E-state index contributed by atoms with van der Waals surface area (Å²) in [5.74, 6) is -0.0995. The van der Waals surface area contributed by atoms with Crippen LogP contribution in [0, 0.1) is 0 Å². The highest BCUT2D eigenvalue weighted by molar-refractivity contribution is 5.79. The number of hydrogen-bond acceptors (Lipinski definition) is 5. The fourth-order valence-electron chi connectivity index (χ4n) is 4.10. The molecule has 0 spiro atoms. The molecule has 3 aromatic rings. The maximum atomic E-state index is 12.8. The third-order valence-electron chi connectivity index (χ3n) is 5.78. The summed E-state index contributed by atoms with van der Waals surface area (Å²) >= 11 is 0. The van der Waals surface area contributed by atoms with Crippen LogP contribution in [0.4, 0.5) is 18.0 Å². The average molecular weight is 472 g/mol. The predicted octanol–water partition coefficient (Wildman–Crippen LogP) is 4.42. The van der Waals surface area contributed by atoms with Gasteiger partial charge in [-0.3, -0.25) is 0 Å². The molecule has 3 N–H and O–H groups in total. The van der Waals surface area contributed by atoms with Crippen LogP contribution in [0.3, 0.4) is 0 Å². The molecule has 6 nitrogen and oxygen atoms in total. The summed E-state index contributed by atoms with van der Waals surface area (Å²) in [6.07, 6.45) is -8.52. The van der Waals surface area contributed by atoms with Gasteiger partial charge in [0.2, 0.25) is 0 Å². The van der Waals surface area contributed by atoms with Crippen molar-refractivity contribution in [1.82, 2.24) is 10.3 Å². The van der Waals surface area contributed by atoms with Crippen molar-refractivity contribution in [3.63, 3.8) is 0 Å². The van der Waals surface area contributed by atoms with E-state index in [2.05, 4.69) is 10.3 Å². The topological polar surface area (TPSA) is 91.7 Å². The van der Waals surface area contributed by atoms with Crippen molar-refractivity contribution in [1.29, 1.82) is 0 Å². The number of nitrogens with zero attached hydrogens (tertiary/aromatic N) is 1. The van der Waals surface area contributed by atoms with E-state index in [1.807, 2.05) is 48.5 Å². The number of rotatable bonds is 7. The first-order valence-corrected chi connectivity index (χ1v) is 10.7. The van der Waals surface area contributed by atoms with Crippen LogP contribution >= 0.6 is 0 Å². The summed E-state index contributed by atoms with van der Waals surface area (Å²) in [5.41, 5.74) is 2.89. The molecule has 0 aliphatic heterocycles. The van der Waals surface area contributed by atoms with Crippen LogP contribution in [0.15, 0.2) is 66.7 Å². The summed E-state index contributed by atoms with van der Waals surface area (Å²) in [6, 6.07) is 18.9. The number of alkyl halides is 3. The molecule has 1 heterocycles. The van der Waals surface area contributed by atoms with Gasteiger partial charge in [0, 0.05) is 12.5 Å². The van der Waals surface area contributed by atoms with E-state index in [9.17, 15) is 28.2 Å². The standard InChI is InChI=1S/C25H23F3N2O4/c26-25(27,28)22-11-5-10-20(30-22)23(32)21(31)12-13-29-24(33)34-14-19-17-8-3-1-6-15(17)16-7-2-4-9-18(16)19/h1-11,19,21,23,31-32H,12-14H2,(H,29,33). The molecule has 0 radical (unpaired) electrons. The number of aliphatic hydroxyl groups excluding tert-OH is 2. The second kappa shape index (κ2) is 9.82. The number of carbonyl (C=O) groups excluding carboxylic acids is 1. The molecule has 2 unspecified atom stereocenters.